The second kappa shape index (κ2) is 12.1. The normalized spacial score (nSPS) is 15.8. The first-order valence-corrected chi connectivity index (χ1v) is 12.8. The average molecular weight is 533 g/mol. The Balaban J connectivity index is 1.19. The maximum absolute atomic E-state index is 12.3. The molecule has 192 valence electrons. The van der Waals surface area contributed by atoms with E-state index < -0.39 is 6.10 Å². The summed E-state index contributed by atoms with van der Waals surface area (Å²) in [6.07, 6.45) is 1.23. The van der Waals surface area contributed by atoms with Gasteiger partial charge in [0.15, 0.2) is 0 Å². The van der Waals surface area contributed by atoms with Crippen molar-refractivity contribution in [3.63, 3.8) is 0 Å². The molecule has 36 heavy (non-hydrogen) atoms. The molecule has 0 saturated carbocycles. The Labute approximate surface area is 219 Å². The van der Waals surface area contributed by atoms with Gasteiger partial charge in [-0.1, -0.05) is 35.3 Å². The number of aromatic hydroxyl groups is 1. The Morgan fingerprint density at radius 2 is 1.83 bits per heavy atom. The molecular formula is C26H30Cl2N4O4. The maximum Gasteiger partial charge on any atom is 0.248 e. The third-order valence-electron chi connectivity index (χ3n) is 6.60. The van der Waals surface area contributed by atoms with Crippen LogP contribution >= 0.6 is 23.2 Å². The largest absolute Gasteiger partial charge is 0.506 e. The SMILES string of the molecule is O=C(Cc1c(Cl)cccc1Cl)NCCN1CCC(NC[C@H](O)c2ccc(O)c3[nH]c(=O)ccc23)CC1. The van der Waals surface area contributed by atoms with Gasteiger partial charge in [-0.2, -0.15) is 0 Å². The van der Waals surface area contributed by atoms with Gasteiger partial charge in [0.05, 0.1) is 18.0 Å². The maximum atomic E-state index is 12.3. The molecule has 0 aliphatic carbocycles. The number of aromatic amines is 1. The fraction of sp³-hybridized carbons (Fsp3) is 0.385. The molecule has 1 amide bonds. The first kappa shape index (κ1) is 26.4. The zero-order valence-corrected chi connectivity index (χ0v) is 21.3. The number of amides is 1. The Bertz CT molecular complexity index is 1250. The van der Waals surface area contributed by atoms with Crippen molar-refractivity contribution in [3.05, 3.63) is 74.0 Å². The number of carbonyl (C=O) groups is 1. The molecule has 1 aliphatic rings. The van der Waals surface area contributed by atoms with E-state index in [1.54, 1.807) is 30.3 Å². The highest BCUT2D eigenvalue weighted by molar-refractivity contribution is 6.36. The van der Waals surface area contributed by atoms with Crippen LogP contribution < -0.4 is 16.2 Å². The number of hydrogen-bond acceptors (Lipinski definition) is 6. The molecule has 2 heterocycles. The summed E-state index contributed by atoms with van der Waals surface area (Å²) in [6.45, 7) is 3.46. The Kier molecular flexibility index (Phi) is 8.87. The number of H-pyrrole nitrogens is 1. The number of aromatic nitrogens is 1. The minimum atomic E-state index is -0.779. The molecule has 2 aromatic carbocycles. The summed E-state index contributed by atoms with van der Waals surface area (Å²) in [5.41, 5.74) is 1.31. The average Bonchev–Trinajstić information content (AvgIpc) is 2.86. The summed E-state index contributed by atoms with van der Waals surface area (Å²) in [4.78, 5) is 28.8. The van der Waals surface area contributed by atoms with Crippen molar-refractivity contribution in [2.45, 2.75) is 31.4 Å². The number of aliphatic hydroxyl groups is 1. The summed E-state index contributed by atoms with van der Waals surface area (Å²) in [6, 6.07) is 11.6. The fourth-order valence-electron chi connectivity index (χ4n) is 4.58. The van der Waals surface area contributed by atoms with E-state index in [1.165, 1.54) is 12.1 Å². The first-order valence-electron chi connectivity index (χ1n) is 12.0. The lowest BCUT2D eigenvalue weighted by atomic mass is 10.0. The highest BCUT2D eigenvalue weighted by atomic mass is 35.5. The van der Waals surface area contributed by atoms with Gasteiger partial charge in [-0.05, 0) is 61.3 Å². The molecule has 1 aromatic heterocycles. The summed E-state index contributed by atoms with van der Waals surface area (Å²) in [5, 5.41) is 28.8. The van der Waals surface area contributed by atoms with Crippen LogP contribution in [0.5, 0.6) is 5.75 Å². The van der Waals surface area contributed by atoms with Crippen LogP contribution in [0.3, 0.4) is 0 Å². The monoisotopic (exact) mass is 532 g/mol. The number of likely N-dealkylation sites (tertiary alicyclic amines) is 1. The number of fused-ring (bicyclic) bond motifs is 1. The van der Waals surface area contributed by atoms with Crippen LogP contribution in [0.4, 0.5) is 0 Å². The van der Waals surface area contributed by atoms with Crippen molar-refractivity contribution < 1.29 is 15.0 Å². The Morgan fingerprint density at radius 1 is 1.11 bits per heavy atom. The van der Waals surface area contributed by atoms with Crippen molar-refractivity contribution in [1.29, 1.82) is 0 Å². The van der Waals surface area contributed by atoms with Crippen LogP contribution in [0.2, 0.25) is 10.0 Å². The Hall–Kier alpha value is -2.62. The third-order valence-corrected chi connectivity index (χ3v) is 7.31. The van der Waals surface area contributed by atoms with Crippen LogP contribution in [-0.2, 0) is 11.2 Å². The smallest absolute Gasteiger partial charge is 0.248 e. The second-order valence-corrected chi connectivity index (χ2v) is 9.87. The number of phenolic OH excluding ortho intramolecular Hbond substituents is 1. The van der Waals surface area contributed by atoms with Crippen LogP contribution in [0.15, 0.2) is 47.3 Å². The highest BCUT2D eigenvalue weighted by Gasteiger charge is 2.21. The topological polar surface area (TPSA) is 118 Å². The highest BCUT2D eigenvalue weighted by Crippen LogP contribution is 2.29. The van der Waals surface area contributed by atoms with Gasteiger partial charge in [-0.25, -0.2) is 0 Å². The minimum Gasteiger partial charge on any atom is -0.506 e. The molecule has 1 saturated heterocycles. The van der Waals surface area contributed by atoms with E-state index in [1.807, 2.05) is 0 Å². The van der Waals surface area contributed by atoms with Gasteiger partial charge in [-0.3, -0.25) is 9.59 Å². The van der Waals surface area contributed by atoms with Gasteiger partial charge in [0, 0.05) is 47.2 Å². The van der Waals surface area contributed by atoms with E-state index in [4.69, 9.17) is 23.2 Å². The number of nitrogens with zero attached hydrogens (tertiary/aromatic N) is 1. The predicted octanol–water partition coefficient (Wildman–Crippen LogP) is 2.99. The summed E-state index contributed by atoms with van der Waals surface area (Å²) < 4.78 is 0. The number of nitrogens with one attached hydrogen (secondary N) is 3. The molecule has 5 N–H and O–H groups in total. The van der Waals surface area contributed by atoms with Gasteiger partial charge in [0.2, 0.25) is 11.5 Å². The number of phenols is 1. The molecule has 0 spiro atoms. The van der Waals surface area contributed by atoms with Crippen molar-refractivity contribution in [1.82, 2.24) is 20.5 Å². The molecule has 3 aromatic rings. The lowest BCUT2D eigenvalue weighted by Gasteiger charge is -2.33. The number of carbonyl (C=O) groups excluding carboxylic acids is 1. The number of aliphatic hydroxyl groups excluding tert-OH is 1. The van der Waals surface area contributed by atoms with Gasteiger partial charge in [0.1, 0.15) is 5.75 Å². The molecule has 10 heteroatoms. The van der Waals surface area contributed by atoms with E-state index >= 15 is 0 Å². The van der Waals surface area contributed by atoms with E-state index in [2.05, 4.69) is 20.5 Å². The molecule has 4 rings (SSSR count). The zero-order chi connectivity index (χ0) is 25.7. The van der Waals surface area contributed by atoms with Crippen molar-refractivity contribution in [2.75, 3.05) is 32.7 Å². The van der Waals surface area contributed by atoms with Crippen LogP contribution in [0.25, 0.3) is 10.9 Å². The standard InChI is InChI=1S/C26H30Cl2N4O4/c27-20-2-1-3-21(28)19(20)14-25(36)29-10-13-32-11-8-16(9-12-32)30-15-23(34)17-4-6-22(33)26-18(17)5-7-24(35)31-26/h1-7,16,23,30,33-34H,8-15H2,(H,29,36)(H,31,35)/t23-/m0/s1. The van der Waals surface area contributed by atoms with Gasteiger partial charge < -0.3 is 30.7 Å². The number of rotatable bonds is 9. The van der Waals surface area contributed by atoms with Gasteiger partial charge >= 0.3 is 0 Å². The van der Waals surface area contributed by atoms with Crippen molar-refractivity contribution >= 4 is 40.0 Å². The van der Waals surface area contributed by atoms with Crippen LogP contribution in [0, 0.1) is 0 Å². The summed E-state index contributed by atoms with van der Waals surface area (Å²) >= 11 is 12.3. The first-order chi connectivity index (χ1) is 17.3. The summed E-state index contributed by atoms with van der Waals surface area (Å²) in [7, 11) is 0. The van der Waals surface area contributed by atoms with Gasteiger partial charge in [-0.15, -0.1) is 0 Å². The number of hydrogen-bond donors (Lipinski definition) is 5. The third kappa shape index (κ3) is 6.57. The molecule has 0 unspecified atom stereocenters. The van der Waals surface area contributed by atoms with Gasteiger partial charge in [0.25, 0.3) is 0 Å². The number of piperidine rings is 1. The van der Waals surface area contributed by atoms with E-state index in [-0.39, 0.29) is 29.7 Å². The lowest BCUT2D eigenvalue weighted by Crippen LogP contribution is -2.45. The fourth-order valence-corrected chi connectivity index (χ4v) is 5.11. The lowest BCUT2D eigenvalue weighted by molar-refractivity contribution is -0.120. The van der Waals surface area contributed by atoms with Crippen molar-refractivity contribution in [3.8, 4) is 5.75 Å². The molecule has 1 atom stereocenters. The van der Waals surface area contributed by atoms with E-state index in [0.717, 1.165) is 32.5 Å². The molecule has 1 fully saturated rings. The predicted molar refractivity (Wildman–Crippen MR) is 142 cm³/mol. The quantitative estimate of drug-likeness (QED) is 0.289. The zero-order valence-electron chi connectivity index (χ0n) is 19.8. The number of halogens is 2. The molecule has 0 radical (unpaired) electrons. The van der Waals surface area contributed by atoms with E-state index in [0.29, 0.717) is 45.2 Å². The molecule has 1 aliphatic heterocycles. The molecular weight excluding hydrogens is 503 g/mol. The molecule has 0 bridgehead atoms. The van der Waals surface area contributed by atoms with Crippen molar-refractivity contribution in [2.24, 2.45) is 0 Å². The number of pyridine rings is 1. The van der Waals surface area contributed by atoms with Crippen LogP contribution in [-0.4, -0.2) is 64.8 Å². The summed E-state index contributed by atoms with van der Waals surface area (Å²) in [5.74, 6) is -0.135. The molecule has 8 nitrogen and oxygen atoms in total. The van der Waals surface area contributed by atoms with E-state index in [9.17, 15) is 19.8 Å². The second-order valence-electron chi connectivity index (χ2n) is 9.05. The van der Waals surface area contributed by atoms with Crippen LogP contribution in [0.1, 0.15) is 30.1 Å². The minimum absolute atomic E-state index is 0.0252. The number of benzene rings is 2. The Morgan fingerprint density at radius 3 is 2.56 bits per heavy atom.